The SMILES string of the molecule is CC(C(=O)O)c1ccc(COC2COC2)cc1. The highest BCUT2D eigenvalue weighted by atomic mass is 16.6. The Bertz CT molecular complexity index is 381. The van der Waals surface area contributed by atoms with E-state index in [0.29, 0.717) is 19.8 Å². The number of ether oxygens (including phenoxy) is 2. The predicted molar refractivity (Wildman–Crippen MR) is 61.9 cm³/mol. The third-order valence-corrected chi connectivity index (χ3v) is 2.94. The maximum atomic E-state index is 10.8. The minimum atomic E-state index is -0.805. The lowest BCUT2D eigenvalue weighted by atomic mass is 10.0. The molecule has 1 atom stereocenters. The van der Waals surface area contributed by atoms with E-state index in [4.69, 9.17) is 14.6 Å². The van der Waals surface area contributed by atoms with Gasteiger partial charge in [0.2, 0.25) is 0 Å². The summed E-state index contributed by atoms with van der Waals surface area (Å²) in [4.78, 5) is 10.8. The normalized spacial score (nSPS) is 17.5. The van der Waals surface area contributed by atoms with Gasteiger partial charge in [0.25, 0.3) is 0 Å². The second-order valence-corrected chi connectivity index (χ2v) is 4.27. The minimum absolute atomic E-state index is 0.215. The zero-order valence-corrected chi connectivity index (χ0v) is 9.76. The van der Waals surface area contributed by atoms with Crippen LogP contribution in [0.2, 0.25) is 0 Å². The largest absolute Gasteiger partial charge is 0.481 e. The van der Waals surface area contributed by atoms with E-state index >= 15 is 0 Å². The fourth-order valence-corrected chi connectivity index (χ4v) is 1.57. The number of aliphatic carboxylic acids is 1. The van der Waals surface area contributed by atoms with Crippen molar-refractivity contribution in [3.8, 4) is 0 Å². The summed E-state index contributed by atoms with van der Waals surface area (Å²) in [5.41, 5.74) is 1.87. The van der Waals surface area contributed by atoms with Crippen LogP contribution in [-0.2, 0) is 20.9 Å². The van der Waals surface area contributed by atoms with Crippen molar-refractivity contribution in [1.29, 1.82) is 0 Å². The first-order valence-corrected chi connectivity index (χ1v) is 5.68. The second kappa shape index (κ2) is 5.29. The maximum Gasteiger partial charge on any atom is 0.310 e. The van der Waals surface area contributed by atoms with Crippen molar-refractivity contribution < 1.29 is 19.4 Å². The maximum absolute atomic E-state index is 10.8. The number of hydrogen-bond donors (Lipinski definition) is 1. The van der Waals surface area contributed by atoms with Crippen LogP contribution in [0.3, 0.4) is 0 Å². The van der Waals surface area contributed by atoms with E-state index in [2.05, 4.69) is 0 Å². The summed E-state index contributed by atoms with van der Waals surface area (Å²) in [5, 5.41) is 8.88. The van der Waals surface area contributed by atoms with Crippen molar-refractivity contribution in [1.82, 2.24) is 0 Å². The van der Waals surface area contributed by atoms with Crippen LogP contribution in [0.15, 0.2) is 24.3 Å². The highest BCUT2D eigenvalue weighted by molar-refractivity contribution is 5.75. The molecule has 4 heteroatoms. The first-order chi connectivity index (χ1) is 8.16. The Morgan fingerprint density at radius 1 is 1.47 bits per heavy atom. The zero-order valence-electron chi connectivity index (χ0n) is 9.76. The molecule has 4 nitrogen and oxygen atoms in total. The molecule has 1 heterocycles. The Kier molecular flexibility index (Phi) is 3.76. The van der Waals surface area contributed by atoms with Gasteiger partial charge < -0.3 is 14.6 Å². The zero-order chi connectivity index (χ0) is 12.3. The van der Waals surface area contributed by atoms with Gasteiger partial charge in [-0.2, -0.15) is 0 Å². The average Bonchev–Trinajstić information content (AvgIpc) is 2.27. The van der Waals surface area contributed by atoms with Crippen molar-refractivity contribution in [2.24, 2.45) is 0 Å². The lowest BCUT2D eigenvalue weighted by Crippen LogP contribution is -2.35. The Morgan fingerprint density at radius 3 is 2.59 bits per heavy atom. The van der Waals surface area contributed by atoms with Crippen LogP contribution in [0.5, 0.6) is 0 Å². The Labute approximate surface area is 100 Å². The fourth-order valence-electron chi connectivity index (χ4n) is 1.57. The number of carbonyl (C=O) groups is 1. The van der Waals surface area contributed by atoms with E-state index in [1.54, 1.807) is 6.92 Å². The predicted octanol–water partition coefficient (Wildman–Crippen LogP) is 1.79. The fraction of sp³-hybridized carbons (Fsp3) is 0.462. The van der Waals surface area contributed by atoms with Crippen LogP contribution in [0.25, 0.3) is 0 Å². The van der Waals surface area contributed by atoms with E-state index in [0.717, 1.165) is 11.1 Å². The first-order valence-electron chi connectivity index (χ1n) is 5.68. The standard InChI is InChI=1S/C13H16O4/c1-9(13(14)15)11-4-2-10(3-5-11)6-17-12-7-16-8-12/h2-5,9,12H,6-8H2,1H3,(H,14,15). The molecule has 1 aliphatic heterocycles. The van der Waals surface area contributed by atoms with Gasteiger partial charge in [0.1, 0.15) is 6.10 Å². The van der Waals surface area contributed by atoms with Crippen molar-refractivity contribution in [2.75, 3.05) is 13.2 Å². The molecule has 1 aliphatic rings. The van der Waals surface area contributed by atoms with Crippen molar-refractivity contribution in [2.45, 2.75) is 25.6 Å². The molecule has 0 bridgehead atoms. The monoisotopic (exact) mass is 236 g/mol. The number of carboxylic acids is 1. The highest BCUT2D eigenvalue weighted by Gasteiger charge is 2.18. The van der Waals surface area contributed by atoms with E-state index < -0.39 is 11.9 Å². The summed E-state index contributed by atoms with van der Waals surface area (Å²) in [5.74, 6) is -1.27. The van der Waals surface area contributed by atoms with Gasteiger partial charge in [-0.3, -0.25) is 4.79 Å². The van der Waals surface area contributed by atoms with Gasteiger partial charge in [-0.1, -0.05) is 24.3 Å². The molecule has 0 amide bonds. The molecule has 1 unspecified atom stereocenters. The van der Waals surface area contributed by atoms with Crippen LogP contribution >= 0.6 is 0 Å². The summed E-state index contributed by atoms with van der Waals surface area (Å²) in [6.45, 7) is 3.58. The van der Waals surface area contributed by atoms with Crippen LogP contribution < -0.4 is 0 Å². The van der Waals surface area contributed by atoms with Gasteiger partial charge in [-0.05, 0) is 18.1 Å². The van der Waals surface area contributed by atoms with Gasteiger partial charge in [0, 0.05) is 0 Å². The molecule has 1 aromatic rings. The van der Waals surface area contributed by atoms with Gasteiger partial charge >= 0.3 is 5.97 Å². The third kappa shape index (κ3) is 3.05. The van der Waals surface area contributed by atoms with E-state index in [1.165, 1.54) is 0 Å². The van der Waals surface area contributed by atoms with Crippen LogP contribution in [0, 0.1) is 0 Å². The Balaban J connectivity index is 1.90. The smallest absolute Gasteiger partial charge is 0.310 e. The Hall–Kier alpha value is -1.39. The summed E-state index contributed by atoms with van der Waals surface area (Å²) < 4.78 is 10.6. The number of rotatable bonds is 5. The molecule has 0 spiro atoms. The van der Waals surface area contributed by atoms with E-state index in [-0.39, 0.29) is 6.10 Å². The second-order valence-electron chi connectivity index (χ2n) is 4.27. The van der Waals surface area contributed by atoms with Gasteiger partial charge in [0.15, 0.2) is 0 Å². The lowest BCUT2D eigenvalue weighted by Gasteiger charge is -2.26. The quantitative estimate of drug-likeness (QED) is 0.846. The molecular weight excluding hydrogens is 220 g/mol. The van der Waals surface area contributed by atoms with Gasteiger partial charge in [-0.25, -0.2) is 0 Å². The summed E-state index contributed by atoms with van der Waals surface area (Å²) in [6.07, 6.45) is 0.215. The molecule has 1 saturated heterocycles. The molecule has 17 heavy (non-hydrogen) atoms. The van der Waals surface area contributed by atoms with Crippen LogP contribution in [0.1, 0.15) is 24.0 Å². The van der Waals surface area contributed by atoms with Crippen molar-refractivity contribution in [3.05, 3.63) is 35.4 Å². The van der Waals surface area contributed by atoms with E-state index in [1.807, 2.05) is 24.3 Å². The highest BCUT2D eigenvalue weighted by Crippen LogP contribution is 2.17. The van der Waals surface area contributed by atoms with Crippen LogP contribution in [0.4, 0.5) is 0 Å². The average molecular weight is 236 g/mol. The summed E-state index contributed by atoms with van der Waals surface area (Å²) in [7, 11) is 0. The molecule has 0 aromatic heterocycles. The number of hydrogen-bond acceptors (Lipinski definition) is 3. The Morgan fingerprint density at radius 2 is 2.12 bits per heavy atom. The number of benzene rings is 1. The van der Waals surface area contributed by atoms with Gasteiger partial charge in [-0.15, -0.1) is 0 Å². The van der Waals surface area contributed by atoms with E-state index in [9.17, 15) is 4.79 Å². The molecule has 1 N–H and O–H groups in total. The summed E-state index contributed by atoms with van der Waals surface area (Å²) >= 11 is 0. The molecule has 2 rings (SSSR count). The van der Waals surface area contributed by atoms with Crippen molar-refractivity contribution in [3.63, 3.8) is 0 Å². The number of carboxylic acid groups (broad SMARTS) is 1. The molecular formula is C13H16O4. The first kappa shape index (κ1) is 12.1. The lowest BCUT2D eigenvalue weighted by molar-refractivity contribution is -0.138. The van der Waals surface area contributed by atoms with Crippen molar-refractivity contribution >= 4 is 5.97 Å². The van der Waals surface area contributed by atoms with Crippen LogP contribution in [-0.4, -0.2) is 30.4 Å². The summed E-state index contributed by atoms with van der Waals surface area (Å²) in [6, 6.07) is 7.51. The molecule has 1 aromatic carbocycles. The molecule has 1 fully saturated rings. The molecule has 0 radical (unpaired) electrons. The topological polar surface area (TPSA) is 55.8 Å². The molecule has 92 valence electrons. The third-order valence-electron chi connectivity index (χ3n) is 2.94. The minimum Gasteiger partial charge on any atom is -0.481 e. The van der Waals surface area contributed by atoms with Gasteiger partial charge in [0.05, 0.1) is 25.7 Å². The molecule has 0 aliphatic carbocycles. The molecule has 0 saturated carbocycles.